The molecule has 1 atom stereocenters. The Labute approximate surface area is 164 Å². The maximum Gasteiger partial charge on any atom is 0.233 e. The Bertz CT molecular complexity index is 799. The van der Waals surface area contributed by atoms with E-state index in [0.29, 0.717) is 31.9 Å². The van der Waals surface area contributed by atoms with Gasteiger partial charge in [0.1, 0.15) is 11.8 Å². The zero-order valence-corrected chi connectivity index (χ0v) is 16.2. The number of hydrogen-bond acceptors (Lipinski definition) is 5. The average Bonchev–Trinajstić information content (AvgIpc) is 2.74. The summed E-state index contributed by atoms with van der Waals surface area (Å²) in [5, 5.41) is 9.58. The molecule has 0 radical (unpaired) electrons. The molecule has 0 aliphatic carbocycles. The topological polar surface area (TPSA) is 56.6 Å². The molecule has 1 fully saturated rings. The van der Waals surface area contributed by atoms with Gasteiger partial charge in [0.05, 0.1) is 18.9 Å². The van der Waals surface area contributed by atoms with Gasteiger partial charge in [-0.15, -0.1) is 11.8 Å². The number of nitrogens with zero attached hydrogens (tertiary/aromatic N) is 3. The van der Waals surface area contributed by atoms with E-state index in [1.165, 1.54) is 11.8 Å². The molecule has 1 unspecified atom stereocenters. The molecule has 6 heteroatoms. The summed E-state index contributed by atoms with van der Waals surface area (Å²) in [4.78, 5) is 17.6. The fourth-order valence-electron chi connectivity index (χ4n) is 3.20. The summed E-state index contributed by atoms with van der Waals surface area (Å²) in [5.74, 6) is 1.31. The third kappa shape index (κ3) is 4.82. The first-order chi connectivity index (χ1) is 13.2. The number of carbonyl (C=O) groups is 1. The molecule has 1 heterocycles. The molecule has 0 bridgehead atoms. The lowest BCUT2D eigenvalue weighted by Gasteiger charge is -2.37. The molecule has 2 aromatic carbocycles. The number of carbonyl (C=O) groups excluding carboxylic acids is 1. The van der Waals surface area contributed by atoms with Crippen LogP contribution in [0.4, 0.5) is 0 Å². The highest BCUT2D eigenvalue weighted by molar-refractivity contribution is 8.00. The lowest BCUT2D eigenvalue weighted by molar-refractivity contribution is -0.130. The quantitative estimate of drug-likeness (QED) is 0.719. The van der Waals surface area contributed by atoms with Crippen molar-refractivity contribution in [1.82, 2.24) is 9.80 Å². The lowest BCUT2D eigenvalue weighted by atomic mass is 10.1. The second-order valence-electron chi connectivity index (χ2n) is 6.30. The standard InChI is InChI=1S/C21H23N3O2S/c1-26-19-9-5-6-10-20(19)27-16-21(25)24-13-11-23(12-14-24)18(15-22)17-7-3-2-4-8-17/h2-10,18H,11-14,16H2,1H3. The molecule has 1 saturated heterocycles. The van der Waals surface area contributed by atoms with E-state index in [-0.39, 0.29) is 11.9 Å². The summed E-state index contributed by atoms with van der Waals surface area (Å²) >= 11 is 1.50. The normalized spacial score (nSPS) is 15.8. The molecular formula is C21H23N3O2S. The van der Waals surface area contributed by atoms with Gasteiger partial charge < -0.3 is 9.64 Å². The van der Waals surface area contributed by atoms with Gasteiger partial charge in [0, 0.05) is 31.1 Å². The minimum atomic E-state index is -0.258. The number of hydrogen-bond donors (Lipinski definition) is 0. The van der Waals surface area contributed by atoms with Gasteiger partial charge in [-0.1, -0.05) is 42.5 Å². The Hall–Kier alpha value is -2.49. The largest absolute Gasteiger partial charge is 0.496 e. The number of ether oxygens (including phenoxy) is 1. The van der Waals surface area contributed by atoms with Crippen LogP contribution in [0.3, 0.4) is 0 Å². The fraction of sp³-hybridized carbons (Fsp3) is 0.333. The van der Waals surface area contributed by atoms with Crippen LogP contribution in [0.1, 0.15) is 11.6 Å². The zero-order chi connectivity index (χ0) is 19.1. The molecule has 140 valence electrons. The van der Waals surface area contributed by atoms with Crippen molar-refractivity contribution < 1.29 is 9.53 Å². The number of piperazine rings is 1. The highest BCUT2D eigenvalue weighted by Gasteiger charge is 2.27. The second-order valence-corrected chi connectivity index (χ2v) is 7.32. The van der Waals surface area contributed by atoms with Crippen LogP contribution < -0.4 is 4.74 Å². The SMILES string of the molecule is COc1ccccc1SCC(=O)N1CCN(C(C#N)c2ccccc2)CC1. The Balaban J connectivity index is 1.53. The average molecular weight is 382 g/mol. The number of benzene rings is 2. The van der Waals surface area contributed by atoms with Gasteiger partial charge in [-0.25, -0.2) is 0 Å². The first-order valence-electron chi connectivity index (χ1n) is 8.95. The van der Waals surface area contributed by atoms with E-state index in [1.807, 2.05) is 59.5 Å². The molecule has 0 N–H and O–H groups in total. The van der Waals surface area contributed by atoms with Crippen molar-refractivity contribution in [1.29, 1.82) is 5.26 Å². The van der Waals surface area contributed by atoms with Crippen LogP contribution in [0, 0.1) is 11.3 Å². The smallest absolute Gasteiger partial charge is 0.233 e. The number of nitriles is 1. The van der Waals surface area contributed by atoms with E-state index in [4.69, 9.17) is 4.74 Å². The minimum Gasteiger partial charge on any atom is -0.496 e. The van der Waals surface area contributed by atoms with Crippen molar-refractivity contribution in [3.05, 3.63) is 60.2 Å². The first kappa shape index (κ1) is 19.3. The van der Waals surface area contributed by atoms with Crippen molar-refractivity contribution in [3.8, 4) is 11.8 Å². The maximum absolute atomic E-state index is 12.6. The molecule has 0 spiro atoms. The van der Waals surface area contributed by atoms with Crippen LogP contribution in [-0.4, -0.2) is 54.7 Å². The van der Waals surface area contributed by atoms with E-state index in [1.54, 1.807) is 7.11 Å². The van der Waals surface area contributed by atoms with Gasteiger partial charge in [0.2, 0.25) is 5.91 Å². The number of rotatable bonds is 6. The Morgan fingerprint density at radius 1 is 1.11 bits per heavy atom. The number of para-hydroxylation sites is 1. The van der Waals surface area contributed by atoms with Crippen LogP contribution >= 0.6 is 11.8 Å². The molecule has 27 heavy (non-hydrogen) atoms. The molecule has 3 rings (SSSR count). The molecule has 1 aliphatic rings. The predicted octanol–water partition coefficient (Wildman–Crippen LogP) is 3.20. The van der Waals surface area contributed by atoms with E-state index < -0.39 is 0 Å². The summed E-state index contributed by atoms with van der Waals surface area (Å²) in [7, 11) is 1.64. The monoisotopic (exact) mass is 381 g/mol. The van der Waals surface area contributed by atoms with Crippen molar-refractivity contribution in [2.24, 2.45) is 0 Å². The van der Waals surface area contributed by atoms with Crippen LogP contribution in [0.25, 0.3) is 0 Å². The molecule has 2 aromatic rings. The van der Waals surface area contributed by atoms with Crippen LogP contribution in [0.15, 0.2) is 59.5 Å². The molecular weight excluding hydrogens is 358 g/mol. The molecule has 5 nitrogen and oxygen atoms in total. The summed E-state index contributed by atoms with van der Waals surface area (Å²) in [5.41, 5.74) is 1.01. The second kappa shape index (κ2) is 9.45. The van der Waals surface area contributed by atoms with Gasteiger partial charge in [0.25, 0.3) is 0 Å². The van der Waals surface area contributed by atoms with E-state index >= 15 is 0 Å². The van der Waals surface area contributed by atoms with Crippen molar-refractivity contribution in [3.63, 3.8) is 0 Å². The highest BCUT2D eigenvalue weighted by atomic mass is 32.2. The zero-order valence-electron chi connectivity index (χ0n) is 15.4. The minimum absolute atomic E-state index is 0.124. The summed E-state index contributed by atoms with van der Waals surface area (Å²) in [6.07, 6.45) is 0. The van der Waals surface area contributed by atoms with Gasteiger partial charge in [-0.05, 0) is 17.7 Å². The van der Waals surface area contributed by atoms with Crippen molar-refractivity contribution in [2.75, 3.05) is 39.0 Å². The van der Waals surface area contributed by atoms with Gasteiger partial charge in [-0.2, -0.15) is 5.26 Å². The Morgan fingerprint density at radius 3 is 2.44 bits per heavy atom. The van der Waals surface area contributed by atoms with Crippen molar-refractivity contribution >= 4 is 17.7 Å². The Kier molecular flexibility index (Phi) is 6.74. The third-order valence-electron chi connectivity index (χ3n) is 4.69. The molecule has 1 aliphatic heterocycles. The van der Waals surface area contributed by atoms with E-state index in [9.17, 15) is 10.1 Å². The summed E-state index contributed by atoms with van der Waals surface area (Å²) < 4.78 is 5.33. The maximum atomic E-state index is 12.6. The number of amides is 1. The highest BCUT2D eigenvalue weighted by Crippen LogP contribution is 2.29. The molecule has 0 aromatic heterocycles. The summed E-state index contributed by atoms with van der Waals surface area (Å²) in [6, 6.07) is 19.7. The van der Waals surface area contributed by atoms with Gasteiger partial charge in [0.15, 0.2) is 0 Å². The van der Waals surface area contributed by atoms with Gasteiger partial charge >= 0.3 is 0 Å². The van der Waals surface area contributed by atoms with E-state index in [2.05, 4.69) is 11.0 Å². The van der Waals surface area contributed by atoms with Gasteiger partial charge in [-0.3, -0.25) is 9.69 Å². The Morgan fingerprint density at radius 2 is 1.78 bits per heavy atom. The van der Waals surface area contributed by atoms with Crippen LogP contribution in [0.5, 0.6) is 5.75 Å². The van der Waals surface area contributed by atoms with E-state index in [0.717, 1.165) is 16.2 Å². The summed E-state index contributed by atoms with van der Waals surface area (Å²) in [6.45, 7) is 2.71. The third-order valence-corrected chi connectivity index (χ3v) is 5.73. The first-order valence-corrected chi connectivity index (χ1v) is 9.93. The predicted molar refractivity (Wildman–Crippen MR) is 107 cm³/mol. The number of thioether (sulfide) groups is 1. The lowest BCUT2D eigenvalue weighted by Crippen LogP contribution is -2.50. The van der Waals surface area contributed by atoms with Crippen LogP contribution in [-0.2, 0) is 4.79 Å². The van der Waals surface area contributed by atoms with Crippen molar-refractivity contribution in [2.45, 2.75) is 10.9 Å². The number of methoxy groups -OCH3 is 1. The fourth-order valence-corrected chi connectivity index (χ4v) is 4.13. The molecule has 0 saturated carbocycles. The molecule has 1 amide bonds. The van der Waals surface area contributed by atoms with Crippen LogP contribution in [0.2, 0.25) is 0 Å².